The smallest absolute Gasteiger partial charge is 0.259 e. The van der Waals surface area contributed by atoms with E-state index < -0.39 is 0 Å². The lowest BCUT2D eigenvalue weighted by Gasteiger charge is -2.14. The highest BCUT2D eigenvalue weighted by atomic mass is 16.2. The van der Waals surface area contributed by atoms with Crippen LogP contribution in [0.15, 0.2) is 54.9 Å². The van der Waals surface area contributed by atoms with E-state index in [-0.39, 0.29) is 5.91 Å². The summed E-state index contributed by atoms with van der Waals surface area (Å²) in [6, 6.07) is 14.1. The highest BCUT2D eigenvalue weighted by Gasteiger charge is 2.21. The summed E-state index contributed by atoms with van der Waals surface area (Å²) in [6.45, 7) is 2.58. The number of rotatable bonds is 3. The van der Waals surface area contributed by atoms with E-state index in [0.717, 1.165) is 38.0 Å². The predicted molar refractivity (Wildman–Crippen MR) is 77.3 cm³/mol. The maximum Gasteiger partial charge on any atom is 0.259 e. The van der Waals surface area contributed by atoms with Crippen molar-refractivity contribution in [3.63, 3.8) is 0 Å². The van der Waals surface area contributed by atoms with Gasteiger partial charge in [0.25, 0.3) is 5.91 Å². The maximum absolute atomic E-state index is 12.4. The van der Waals surface area contributed by atoms with Crippen molar-refractivity contribution in [2.24, 2.45) is 0 Å². The van der Waals surface area contributed by atoms with Crippen LogP contribution < -0.4 is 4.57 Å². The summed E-state index contributed by atoms with van der Waals surface area (Å²) in [4.78, 5) is 14.3. The van der Waals surface area contributed by atoms with E-state index in [9.17, 15) is 4.79 Å². The first-order chi connectivity index (χ1) is 9.83. The van der Waals surface area contributed by atoms with Gasteiger partial charge in [-0.2, -0.15) is 4.57 Å². The van der Waals surface area contributed by atoms with Crippen molar-refractivity contribution in [3.05, 3.63) is 66.0 Å². The first kappa shape index (κ1) is 12.9. The van der Waals surface area contributed by atoms with Crippen LogP contribution in [0.1, 0.15) is 28.8 Å². The summed E-state index contributed by atoms with van der Waals surface area (Å²) < 4.78 is 2.07. The number of likely N-dealkylation sites (tertiary alicyclic amines) is 1. The number of pyridine rings is 1. The summed E-state index contributed by atoms with van der Waals surface area (Å²) in [5.41, 5.74) is 2.02. The Bertz CT molecular complexity index is 589. The third-order valence-electron chi connectivity index (χ3n) is 3.71. The highest BCUT2D eigenvalue weighted by Crippen LogP contribution is 2.11. The normalized spacial score (nSPS) is 14.5. The first-order valence-corrected chi connectivity index (χ1v) is 7.15. The van der Waals surface area contributed by atoms with Crippen molar-refractivity contribution < 1.29 is 9.36 Å². The SMILES string of the molecule is O=C(c1ccc[n+](Cc2ccccc2)c1)N1CCCC1. The molecule has 1 aliphatic rings. The number of aromatic nitrogens is 1. The van der Waals surface area contributed by atoms with Gasteiger partial charge in [0.15, 0.2) is 18.9 Å². The van der Waals surface area contributed by atoms with Crippen molar-refractivity contribution in [1.29, 1.82) is 0 Å². The molecule has 0 N–H and O–H groups in total. The van der Waals surface area contributed by atoms with E-state index in [1.807, 2.05) is 47.6 Å². The zero-order valence-electron chi connectivity index (χ0n) is 11.5. The van der Waals surface area contributed by atoms with Gasteiger partial charge in [-0.05, 0) is 18.9 Å². The van der Waals surface area contributed by atoms with Crippen molar-refractivity contribution in [3.8, 4) is 0 Å². The first-order valence-electron chi connectivity index (χ1n) is 7.15. The number of amides is 1. The molecule has 1 saturated heterocycles. The maximum atomic E-state index is 12.4. The van der Waals surface area contributed by atoms with Gasteiger partial charge in [-0.1, -0.05) is 30.3 Å². The molecule has 1 aromatic heterocycles. The Labute approximate surface area is 119 Å². The second kappa shape index (κ2) is 5.87. The zero-order valence-corrected chi connectivity index (χ0v) is 11.5. The molecule has 0 saturated carbocycles. The lowest BCUT2D eigenvalue weighted by molar-refractivity contribution is -0.688. The van der Waals surface area contributed by atoms with Crippen LogP contribution >= 0.6 is 0 Å². The van der Waals surface area contributed by atoms with Gasteiger partial charge in [0.2, 0.25) is 0 Å². The number of carbonyl (C=O) groups excluding carboxylic acids is 1. The van der Waals surface area contributed by atoms with Crippen molar-refractivity contribution in [2.75, 3.05) is 13.1 Å². The molecule has 1 aromatic carbocycles. The largest absolute Gasteiger partial charge is 0.338 e. The molecule has 1 fully saturated rings. The van der Waals surface area contributed by atoms with Crippen LogP contribution in [-0.2, 0) is 6.54 Å². The molecule has 1 amide bonds. The zero-order chi connectivity index (χ0) is 13.8. The predicted octanol–water partition coefficient (Wildman–Crippen LogP) is 2.26. The average molecular weight is 267 g/mol. The fraction of sp³-hybridized carbons (Fsp3) is 0.294. The lowest BCUT2D eigenvalue weighted by Crippen LogP contribution is -2.36. The number of hydrogen-bond donors (Lipinski definition) is 0. The van der Waals surface area contributed by atoms with E-state index in [0.29, 0.717) is 0 Å². The monoisotopic (exact) mass is 267 g/mol. The Morgan fingerprint density at radius 3 is 2.55 bits per heavy atom. The van der Waals surface area contributed by atoms with E-state index in [4.69, 9.17) is 0 Å². The van der Waals surface area contributed by atoms with Gasteiger partial charge < -0.3 is 4.90 Å². The summed E-state index contributed by atoms with van der Waals surface area (Å²) >= 11 is 0. The average Bonchev–Trinajstić information content (AvgIpc) is 3.02. The van der Waals surface area contributed by atoms with E-state index in [1.54, 1.807) is 0 Å². The van der Waals surface area contributed by atoms with Crippen LogP contribution in [0.25, 0.3) is 0 Å². The minimum absolute atomic E-state index is 0.157. The van der Waals surface area contributed by atoms with Gasteiger partial charge in [0.05, 0.1) is 0 Å². The second-order valence-electron chi connectivity index (χ2n) is 5.25. The molecule has 0 unspecified atom stereocenters. The van der Waals surface area contributed by atoms with Crippen LogP contribution in [0, 0.1) is 0 Å². The Morgan fingerprint density at radius 1 is 1.05 bits per heavy atom. The summed E-state index contributed by atoms with van der Waals surface area (Å²) in [6.07, 6.45) is 6.21. The Kier molecular flexibility index (Phi) is 3.77. The van der Waals surface area contributed by atoms with Gasteiger partial charge >= 0.3 is 0 Å². The molecule has 0 spiro atoms. The van der Waals surface area contributed by atoms with Gasteiger partial charge in [0.1, 0.15) is 5.56 Å². The summed E-state index contributed by atoms with van der Waals surface area (Å²) in [5, 5.41) is 0. The third kappa shape index (κ3) is 2.87. The molecule has 2 heterocycles. The van der Waals surface area contributed by atoms with E-state index in [1.165, 1.54) is 5.56 Å². The molecule has 3 heteroatoms. The van der Waals surface area contributed by atoms with Crippen LogP contribution in [0.3, 0.4) is 0 Å². The van der Waals surface area contributed by atoms with Crippen molar-refractivity contribution >= 4 is 5.91 Å². The molecular weight excluding hydrogens is 248 g/mol. The molecule has 0 bridgehead atoms. The Hall–Kier alpha value is -2.16. The van der Waals surface area contributed by atoms with Gasteiger partial charge in [-0.15, -0.1) is 0 Å². The number of hydrogen-bond acceptors (Lipinski definition) is 1. The standard InChI is InChI=1S/C17H19N2O/c20-17(19-11-4-5-12-19)16-9-6-10-18(14-16)13-15-7-2-1-3-8-15/h1-3,6-10,14H,4-5,11-13H2/q+1. The topological polar surface area (TPSA) is 24.2 Å². The van der Waals surface area contributed by atoms with E-state index in [2.05, 4.69) is 16.7 Å². The lowest BCUT2D eigenvalue weighted by atomic mass is 10.2. The second-order valence-corrected chi connectivity index (χ2v) is 5.25. The summed E-state index contributed by atoms with van der Waals surface area (Å²) in [5.74, 6) is 0.157. The number of carbonyl (C=O) groups is 1. The fourth-order valence-electron chi connectivity index (χ4n) is 2.64. The number of benzene rings is 1. The molecule has 3 nitrogen and oxygen atoms in total. The molecule has 2 aromatic rings. The molecule has 3 rings (SSSR count). The fourth-order valence-corrected chi connectivity index (χ4v) is 2.64. The molecule has 0 atom stereocenters. The Morgan fingerprint density at radius 2 is 1.80 bits per heavy atom. The molecule has 102 valence electrons. The molecule has 20 heavy (non-hydrogen) atoms. The minimum atomic E-state index is 0.157. The van der Waals surface area contributed by atoms with Crippen LogP contribution in [0.4, 0.5) is 0 Å². The van der Waals surface area contributed by atoms with Crippen molar-refractivity contribution in [2.45, 2.75) is 19.4 Å². The van der Waals surface area contributed by atoms with Crippen LogP contribution in [-0.4, -0.2) is 23.9 Å². The minimum Gasteiger partial charge on any atom is -0.338 e. The summed E-state index contributed by atoms with van der Waals surface area (Å²) in [7, 11) is 0. The van der Waals surface area contributed by atoms with Gasteiger partial charge in [-0.3, -0.25) is 4.79 Å². The van der Waals surface area contributed by atoms with Crippen molar-refractivity contribution in [1.82, 2.24) is 4.90 Å². The molecule has 1 aliphatic heterocycles. The van der Waals surface area contributed by atoms with Crippen LogP contribution in [0.5, 0.6) is 0 Å². The van der Waals surface area contributed by atoms with Gasteiger partial charge in [-0.25, -0.2) is 0 Å². The van der Waals surface area contributed by atoms with Crippen LogP contribution in [0.2, 0.25) is 0 Å². The van der Waals surface area contributed by atoms with E-state index >= 15 is 0 Å². The molecule has 0 aliphatic carbocycles. The third-order valence-corrected chi connectivity index (χ3v) is 3.71. The molecular formula is C17H19N2O+. The molecule has 0 radical (unpaired) electrons. The van der Waals surface area contributed by atoms with Gasteiger partial charge in [0, 0.05) is 24.7 Å². The quantitative estimate of drug-likeness (QED) is 0.783. The highest BCUT2D eigenvalue weighted by molar-refractivity contribution is 5.93. The Balaban J connectivity index is 1.77. The number of nitrogens with zero attached hydrogens (tertiary/aromatic N) is 2.